The van der Waals surface area contributed by atoms with Gasteiger partial charge >= 0.3 is 12.2 Å². The molecular weight excluding hydrogens is 299 g/mol. The van der Waals surface area contributed by atoms with Crippen molar-refractivity contribution in [2.45, 2.75) is 6.18 Å². The van der Waals surface area contributed by atoms with Gasteiger partial charge in [-0.3, -0.25) is 10.1 Å². The Morgan fingerprint density at radius 1 is 1.18 bits per heavy atom. The molecule has 0 bridgehead atoms. The Morgan fingerprint density at radius 2 is 1.91 bits per heavy atom. The Morgan fingerprint density at radius 3 is 2.59 bits per heavy atom. The number of alkyl halides is 3. The van der Waals surface area contributed by atoms with E-state index in [0.29, 0.717) is 5.56 Å². The number of carbonyl (C=O) groups excluding carboxylic acids is 1. The maximum atomic E-state index is 12.6. The van der Waals surface area contributed by atoms with Gasteiger partial charge in [-0.15, -0.1) is 0 Å². The number of halogens is 3. The maximum Gasteiger partial charge on any atom is 0.433 e. The van der Waals surface area contributed by atoms with Gasteiger partial charge in [0.1, 0.15) is 11.2 Å². The van der Waals surface area contributed by atoms with Crippen molar-refractivity contribution in [2.24, 2.45) is 0 Å². The molecule has 1 N–H and O–H groups in total. The standard InChI is InChI=1S/C14H8F3N3O2/c15-14(16,17)11-6-10-9(7-18-11)19-13(22-10)20-12(21)8-4-2-1-3-5-8/h1-7H,(H,19,20,21). The van der Waals surface area contributed by atoms with Crippen LogP contribution in [0, 0.1) is 0 Å². The first kappa shape index (κ1) is 14.1. The minimum Gasteiger partial charge on any atom is -0.423 e. The topological polar surface area (TPSA) is 68.0 Å². The molecule has 0 atom stereocenters. The van der Waals surface area contributed by atoms with Gasteiger partial charge in [-0.05, 0) is 12.1 Å². The third-order valence-corrected chi connectivity index (χ3v) is 2.82. The molecule has 0 radical (unpaired) electrons. The quantitative estimate of drug-likeness (QED) is 0.787. The molecule has 1 aromatic carbocycles. The number of oxazole rings is 1. The average molecular weight is 307 g/mol. The molecule has 0 aliphatic heterocycles. The highest BCUT2D eigenvalue weighted by atomic mass is 19.4. The van der Waals surface area contributed by atoms with Crippen molar-refractivity contribution < 1.29 is 22.4 Å². The Bertz CT molecular complexity index is 828. The zero-order valence-electron chi connectivity index (χ0n) is 10.9. The van der Waals surface area contributed by atoms with Gasteiger partial charge in [-0.1, -0.05) is 18.2 Å². The van der Waals surface area contributed by atoms with E-state index in [1.54, 1.807) is 30.3 Å². The van der Waals surface area contributed by atoms with Crippen LogP contribution in [-0.4, -0.2) is 15.9 Å². The van der Waals surface area contributed by atoms with Crippen molar-refractivity contribution in [3.63, 3.8) is 0 Å². The largest absolute Gasteiger partial charge is 0.433 e. The van der Waals surface area contributed by atoms with Crippen LogP contribution in [0.1, 0.15) is 16.1 Å². The number of hydrogen-bond donors (Lipinski definition) is 1. The smallest absolute Gasteiger partial charge is 0.423 e. The lowest BCUT2D eigenvalue weighted by atomic mass is 10.2. The van der Waals surface area contributed by atoms with Crippen LogP contribution >= 0.6 is 0 Å². The van der Waals surface area contributed by atoms with E-state index in [9.17, 15) is 18.0 Å². The van der Waals surface area contributed by atoms with Crippen LogP contribution in [0.15, 0.2) is 47.0 Å². The summed E-state index contributed by atoms with van der Waals surface area (Å²) in [5, 5.41) is 2.38. The second-order valence-corrected chi connectivity index (χ2v) is 4.37. The summed E-state index contributed by atoms with van der Waals surface area (Å²) in [4.78, 5) is 19.1. The molecule has 0 aliphatic rings. The van der Waals surface area contributed by atoms with Gasteiger partial charge in [0.25, 0.3) is 5.91 Å². The van der Waals surface area contributed by atoms with Crippen LogP contribution in [0.4, 0.5) is 19.2 Å². The number of hydrogen-bond acceptors (Lipinski definition) is 4. The van der Waals surface area contributed by atoms with Crippen LogP contribution < -0.4 is 5.32 Å². The Kier molecular flexibility index (Phi) is 3.28. The van der Waals surface area contributed by atoms with E-state index in [2.05, 4.69) is 15.3 Å². The number of nitrogens with one attached hydrogen (secondary N) is 1. The summed E-state index contributed by atoms with van der Waals surface area (Å²) in [6, 6.07) is 8.83. The second-order valence-electron chi connectivity index (χ2n) is 4.37. The molecule has 0 saturated heterocycles. The van der Waals surface area contributed by atoms with Crippen molar-refractivity contribution in [3.05, 3.63) is 53.9 Å². The first-order valence-electron chi connectivity index (χ1n) is 6.14. The SMILES string of the molecule is O=C(Nc1nc2cnc(C(F)(F)F)cc2o1)c1ccccc1. The lowest BCUT2D eigenvalue weighted by molar-refractivity contribution is -0.141. The van der Waals surface area contributed by atoms with Crippen LogP contribution in [0.3, 0.4) is 0 Å². The van der Waals surface area contributed by atoms with Crippen molar-refractivity contribution >= 4 is 23.0 Å². The summed E-state index contributed by atoms with van der Waals surface area (Å²) < 4.78 is 42.8. The average Bonchev–Trinajstić information content (AvgIpc) is 2.88. The zero-order chi connectivity index (χ0) is 15.7. The highest BCUT2D eigenvalue weighted by Gasteiger charge is 2.33. The number of benzene rings is 1. The number of amides is 1. The Labute approximate surface area is 121 Å². The summed E-state index contributed by atoms with van der Waals surface area (Å²) in [7, 11) is 0. The highest BCUT2D eigenvalue weighted by molar-refractivity contribution is 6.03. The van der Waals surface area contributed by atoms with Gasteiger partial charge in [-0.25, -0.2) is 4.98 Å². The van der Waals surface area contributed by atoms with Crippen molar-refractivity contribution in [1.82, 2.24) is 9.97 Å². The lowest BCUT2D eigenvalue weighted by Gasteiger charge is -2.03. The molecule has 112 valence electrons. The van der Waals surface area contributed by atoms with E-state index in [4.69, 9.17) is 4.42 Å². The molecule has 8 heteroatoms. The molecule has 0 saturated carbocycles. The van der Waals surface area contributed by atoms with Gasteiger partial charge in [0, 0.05) is 11.6 Å². The molecule has 1 amide bonds. The third kappa shape index (κ3) is 2.76. The fourth-order valence-electron chi connectivity index (χ4n) is 1.80. The molecule has 3 rings (SSSR count). The summed E-state index contributed by atoms with van der Waals surface area (Å²) >= 11 is 0. The lowest BCUT2D eigenvalue weighted by Crippen LogP contribution is -2.11. The molecule has 22 heavy (non-hydrogen) atoms. The van der Waals surface area contributed by atoms with Crippen molar-refractivity contribution in [3.8, 4) is 0 Å². The van der Waals surface area contributed by atoms with Gasteiger partial charge in [-0.2, -0.15) is 18.2 Å². The predicted octanol–water partition coefficient (Wildman–Crippen LogP) is 3.49. The fourth-order valence-corrected chi connectivity index (χ4v) is 1.80. The summed E-state index contributed by atoms with van der Waals surface area (Å²) in [6.07, 6.45) is -3.63. The third-order valence-electron chi connectivity index (χ3n) is 2.82. The number of rotatable bonds is 2. The first-order chi connectivity index (χ1) is 10.4. The second kappa shape index (κ2) is 5.14. The normalized spacial score (nSPS) is 11.6. The minimum atomic E-state index is -4.57. The van der Waals surface area contributed by atoms with E-state index in [1.807, 2.05) is 0 Å². The molecule has 0 aliphatic carbocycles. The number of pyridine rings is 1. The monoisotopic (exact) mass is 307 g/mol. The van der Waals surface area contributed by atoms with Gasteiger partial charge in [0.15, 0.2) is 5.58 Å². The van der Waals surface area contributed by atoms with Crippen LogP contribution in [0.25, 0.3) is 11.1 Å². The number of anilines is 1. The van der Waals surface area contributed by atoms with Crippen LogP contribution in [0.2, 0.25) is 0 Å². The summed E-state index contributed by atoms with van der Waals surface area (Å²) in [6.45, 7) is 0. The molecule has 2 aromatic heterocycles. The molecule has 0 spiro atoms. The van der Waals surface area contributed by atoms with E-state index in [1.165, 1.54) is 0 Å². The van der Waals surface area contributed by atoms with Crippen molar-refractivity contribution in [2.75, 3.05) is 5.32 Å². The Balaban J connectivity index is 1.88. The molecule has 0 fully saturated rings. The van der Waals surface area contributed by atoms with E-state index >= 15 is 0 Å². The van der Waals surface area contributed by atoms with E-state index in [-0.39, 0.29) is 17.1 Å². The first-order valence-corrected chi connectivity index (χ1v) is 6.14. The number of fused-ring (bicyclic) bond motifs is 1. The van der Waals surface area contributed by atoms with Gasteiger partial charge in [0.05, 0.1) is 6.20 Å². The number of carbonyl (C=O) groups is 1. The molecule has 0 unspecified atom stereocenters. The minimum absolute atomic E-state index is 0.106. The molecular formula is C14H8F3N3O2. The van der Waals surface area contributed by atoms with Crippen molar-refractivity contribution in [1.29, 1.82) is 0 Å². The predicted molar refractivity (Wildman–Crippen MR) is 71.2 cm³/mol. The summed E-state index contributed by atoms with van der Waals surface area (Å²) in [5.41, 5.74) is -0.696. The van der Waals surface area contributed by atoms with Gasteiger partial charge in [0.2, 0.25) is 0 Å². The maximum absolute atomic E-state index is 12.6. The molecule has 2 heterocycles. The Hall–Kier alpha value is -2.90. The highest BCUT2D eigenvalue weighted by Crippen LogP contribution is 2.30. The van der Waals surface area contributed by atoms with E-state index < -0.39 is 17.8 Å². The number of nitrogens with zero attached hydrogens (tertiary/aromatic N) is 2. The zero-order valence-corrected chi connectivity index (χ0v) is 10.9. The fraction of sp³-hybridized carbons (Fsp3) is 0.0714. The van der Waals surface area contributed by atoms with Crippen LogP contribution in [-0.2, 0) is 6.18 Å². The van der Waals surface area contributed by atoms with E-state index in [0.717, 1.165) is 12.3 Å². The molecule has 5 nitrogen and oxygen atoms in total. The summed E-state index contributed by atoms with van der Waals surface area (Å²) in [5.74, 6) is -0.476. The molecule has 3 aromatic rings. The number of aromatic nitrogens is 2. The van der Waals surface area contributed by atoms with Crippen LogP contribution in [0.5, 0.6) is 0 Å². The van der Waals surface area contributed by atoms with Gasteiger partial charge < -0.3 is 4.42 Å².